The summed E-state index contributed by atoms with van der Waals surface area (Å²) in [6.07, 6.45) is 2.32. The van der Waals surface area contributed by atoms with Crippen molar-refractivity contribution in [3.63, 3.8) is 0 Å². The molecule has 2 aromatic heterocycles. The van der Waals surface area contributed by atoms with E-state index >= 15 is 0 Å². The molecule has 0 saturated heterocycles. The highest BCUT2D eigenvalue weighted by Gasteiger charge is 2.16. The largest absolute Gasteiger partial charge is 0.496 e. The average Bonchev–Trinajstić information content (AvgIpc) is 3.35. The van der Waals surface area contributed by atoms with Crippen LogP contribution in [0.25, 0.3) is 11.6 Å². The predicted octanol–water partition coefficient (Wildman–Crippen LogP) is 3.02. The molecule has 0 unspecified atom stereocenters. The van der Waals surface area contributed by atoms with Crippen LogP contribution >= 0.6 is 11.8 Å². The molecule has 3 aromatic rings. The minimum atomic E-state index is -0.0416. The molecule has 7 nitrogen and oxygen atoms in total. The van der Waals surface area contributed by atoms with Crippen LogP contribution in [0, 0.1) is 0 Å². The number of methoxy groups -OCH3 is 1. The zero-order chi connectivity index (χ0) is 19.1. The molecule has 0 saturated carbocycles. The topological polar surface area (TPSA) is 82.2 Å². The zero-order valence-electron chi connectivity index (χ0n) is 15.3. The SMILES string of the molecule is CCn1c(SCC(=O)NCCc2ccccc2OC)nnc1-c1ccco1. The molecule has 1 amide bonds. The Morgan fingerprint density at radius 3 is 2.85 bits per heavy atom. The Morgan fingerprint density at radius 2 is 2.11 bits per heavy atom. The first-order chi connectivity index (χ1) is 13.2. The zero-order valence-corrected chi connectivity index (χ0v) is 16.2. The van der Waals surface area contributed by atoms with Gasteiger partial charge in [-0.3, -0.25) is 9.36 Å². The Morgan fingerprint density at radius 1 is 1.26 bits per heavy atom. The molecule has 3 rings (SSSR count). The van der Waals surface area contributed by atoms with Crippen LogP contribution in [0.15, 0.2) is 52.2 Å². The van der Waals surface area contributed by atoms with Crippen molar-refractivity contribution in [1.82, 2.24) is 20.1 Å². The van der Waals surface area contributed by atoms with Gasteiger partial charge in [-0.15, -0.1) is 10.2 Å². The monoisotopic (exact) mass is 386 g/mol. The fraction of sp³-hybridized carbons (Fsp3) is 0.316. The molecule has 0 aliphatic carbocycles. The molecule has 8 heteroatoms. The quantitative estimate of drug-likeness (QED) is 0.569. The molecule has 0 radical (unpaired) electrons. The van der Waals surface area contributed by atoms with E-state index in [9.17, 15) is 4.79 Å². The first kappa shape index (κ1) is 19.0. The van der Waals surface area contributed by atoms with E-state index in [-0.39, 0.29) is 11.7 Å². The van der Waals surface area contributed by atoms with Crippen molar-refractivity contribution in [3.05, 3.63) is 48.2 Å². The van der Waals surface area contributed by atoms with Gasteiger partial charge in [-0.25, -0.2) is 0 Å². The van der Waals surface area contributed by atoms with Gasteiger partial charge >= 0.3 is 0 Å². The van der Waals surface area contributed by atoms with E-state index < -0.39 is 0 Å². The number of rotatable bonds is 9. The van der Waals surface area contributed by atoms with Gasteiger partial charge in [-0.1, -0.05) is 30.0 Å². The van der Waals surface area contributed by atoms with Crippen molar-refractivity contribution in [2.45, 2.75) is 25.0 Å². The smallest absolute Gasteiger partial charge is 0.230 e. The van der Waals surface area contributed by atoms with Gasteiger partial charge in [-0.2, -0.15) is 0 Å². The van der Waals surface area contributed by atoms with Gasteiger partial charge in [0.15, 0.2) is 16.7 Å². The molecular formula is C19H22N4O3S. The van der Waals surface area contributed by atoms with Crippen LogP contribution < -0.4 is 10.1 Å². The number of aromatic nitrogens is 3. The van der Waals surface area contributed by atoms with E-state index in [2.05, 4.69) is 15.5 Å². The maximum Gasteiger partial charge on any atom is 0.230 e. The molecular weight excluding hydrogens is 364 g/mol. The molecule has 0 fully saturated rings. The minimum absolute atomic E-state index is 0.0416. The predicted molar refractivity (Wildman–Crippen MR) is 104 cm³/mol. The lowest BCUT2D eigenvalue weighted by molar-refractivity contribution is -0.118. The Kier molecular flexibility index (Phi) is 6.54. The average molecular weight is 386 g/mol. The molecule has 27 heavy (non-hydrogen) atoms. The first-order valence-electron chi connectivity index (χ1n) is 8.71. The van der Waals surface area contributed by atoms with Gasteiger partial charge in [0.25, 0.3) is 0 Å². The lowest BCUT2D eigenvalue weighted by Crippen LogP contribution is -2.27. The first-order valence-corrected chi connectivity index (χ1v) is 9.70. The van der Waals surface area contributed by atoms with Crippen LogP contribution in [0.2, 0.25) is 0 Å². The Hall–Kier alpha value is -2.74. The Balaban J connectivity index is 1.51. The van der Waals surface area contributed by atoms with Crippen LogP contribution in [0.5, 0.6) is 5.75 Å². The third-order valence-electron chi connectivity index (χ3n) is 4.02. The van der Waals surface area contributed by atoms with E-state index in [0.29, 0.717) is 36.3 Å². The number of amides is 1. The summed E-state index contributed by atoms with van der Waals surface area (Å²) < 4.78 is 12.7. The summed E-state index contributed by atoms with van der Waals surface area (Å²) in [5.74, 6) is 2.41. The van der Waals surface area contributed by atoms with E-state index in [0.717, 1.165) is 11.3 Å². The van der Waals surface area contributed by atoms with E-state index in [1.165, 1.54) is 11.8 Å². The number of nitrogens with zero attached hydrogens (tertiary/aromatic N) is 3. The number of carbonyl (C=O) groups is 1. The Bertz CT molecular complexity index is 877. The van der Waals surface area contributed by atoms with Gasteiger partial charge in [0.05, 0.1) is 19.1 Å². The molecule has 0 spiro atoms. The number of para-hydroxylation sites is 1. The van der Waals surface area contributed by atoms with Gasteiger partial charge in [-0.05, 0) is 37.1 Å². The number of hydrogen-bond donors (Lipinski definition) is 1. The maximum absolute atomic E-state index is 12.2. The van der Waals surface area contributed by atoms with Crippen LogP contribution in [0.4, 0.5) is 0 Å². The summed E-state index contributed by atoms with van der Waals surface area (Å²) in [5.41, 5.74) is 1.07. The summed E-state index contributed by atoms with van der Waals surface area (Å²) in [4.78, 5) is 12.2. The molecule has 1 aromatic carbocycles. The maximum atomic E-state index is 12.2. The van der Waals surface area contributed by atoms with Gasteiger partial charge in [0, 0.05) is 13.1 Å². The second kappa shape index (κ2) is 9.27. The van der Waals surface area contributed by atoms with Gasteiger partial charge in [0.2, 0.25) is 5.91 Å². The molecule has 0 atom stereocenters. The van der Waals surface area contributed by atoms with Crippen LogP contribution in [-0.2, 0) is 17.8 Å². The lowest BCUT2D eigenvalue weighted by atomic mass is 10.1. The van der Waals surface area contributed by atoms with Crippen molar-refractivity contribution in [3.8, 4) is 17.3 Å². The number of ether oxygens (including phenoxy) is 1. The van der Waals surface area contributed by atoms with Crippen molar-refractivity contribution >= 4 is 17.7 Å². The summed E-state index contributed by atoms with van der Waals surface area (Å²) in [7, 11) is 1.65. The molecule has 0 aliphatic rings. The molecule has 0 bridgehead atoms. The van der Waals surface area contributed by atoms with Gasteiger partial charge in [0.1, 0.15) is 5.75 Å². The number of benzene rings is 1. The number of thioether (sulfide) groups is 1. The fourth-order valence-electron chi connectivity index (χ4n) is 2.70. The van der Waals surface area contributed by atoms with Crippen molar-refractivity contribution in [1.29, 1.82) is 0 Å². The van der Waals surface area contributed by atoms with Crippen molar-refractivity contribution in [2.24, 2.45) is 0 Å². The second-order valence-electron chi connectivity index (χ2n) is 5.73. The van der Waals surface area contributed by atoms with Crippen LogP contribution in [0.1, 0.15) is 12.5 Å². The highest BCUT2D eigenvalue weighted by atomic mass is 32.2. The number of carbonyl (C=O) groups excluding carboxylic acids is 1. The molecule has 2 heterocycles. The van der Waals surface area contributed by atoms with Crippen LogP contribution in [-0.4, -0.2) is 40.1 Å². The van der Waals surface area contributed by atoms with E-state index in [1.54, 1.807) is 13.4 Å². The number of hydrogen-bond acceptors (Lipinski definition) is 6. The second-order valence-corrected chi connectivity index (χ2v) is 6.67. The normalized spacial score (nSPS) is 10.7. The van der Waals surface area contributed by atoms with Gasteiger partial charge < -0.3 is 14.5 Å². The minimum Gasteiger partial charge on any atom is -0.496 e. The number of furan rings is 1. The lowest BCUT2D eigenvalue weighted by Gasteiger charge is -2.09. The summed E-state index contributed by atoms with van der Waals surface area (Å²) in [5, 5.41) is 12.0. The van der Waals surface area contributed by atoms with E-state index in [1.807, 2.05) is 47.9 Å². The summed E-state index contributed by atoms with van der Waals surface area (Å²) in [6, 6.07) is 11.5. The fourth-order valence-corrected chi connectivity index (χ4v) is 3.53. The molecule has 142 valence electrons. The van der Waals surface area contributed by atoms with Crippen LogP contribution in [0.3, 0.4) is 0 Å². The summed E-state index contributed by atoms with van der Waals surface area (Å²) >= 11 is 1.36. The third kappa shape index (κ3) is 4.71. The molecule has 0 aliphatic heterocycles. The highest BCUT2D eigenvalue weighted by Crippen LogP contribution is 2.24. The highest BCUT2D eigenvalue weighted by molar-refractivity contribution is 7.99. The third-order valence-corrected chi connectivity index (χ3v) is 4.98. The molecule has 1 N–H and O–H groups in total. The standard InChI is InChI=1S/C19H22N4O3S/c1-3-23-18(16-9-6-12-26-16)21-22-19(23)27-13-17(24)20-11-10-14-7-4-5-8-15(14)25-2/h4-9,12H,3,10-11,13H2,1-2H3,(H,20,24). The van der Waals surface area contributed by atoms with Crippen molar-refractivity contribution in [2.75, 3.05) is 19.4 Å². The van der Waals surface area contributed by atoms with E-state index in [4.69, 9.17) is 9.15 Å². The summed E-state index contributed by atoms with van der Waals surface area (Å²) in [6.45, 7) is 3.26. The Labute approximate surface area is 162 Å². The number of nitrogens with one attached hydrogen (secondary N) is 1. The van der Waals surface area contributed by atoms with Crippen molar-refractivity contribution < 1.29 is 13.9 Å².